The molecule has 1 fully saturated rings. The molecule has 1 saturated heterocycles. The van der Waals surface area contributed by atoms with Crippen LogP contribution in [0.4, 0.5) is 5.69 Å². The van der Waals surface area contributed by atoms with Gasteiger partial charge in [0.2, 0.25) is 5.91 Å². The monoisotopic (exact) mass is 354 g/mol. The van der Waals surface area contributed by atoms with Gasteiger partial charge in [-0.1, -0.05) is 39.0 Å². The molecule has 0 atom stereocenters. The van der Waals surface area contributed by atoms with Crippen molar-refractivity contribution in [3.05, 3.63) is 54.0 Å². The highest BCUT2D eigenvalue weighted by molar-refractivity contribution is 5.95. The number of amides is 2. The van der Waals surface area contributed by atoms with Gasteiger partial charge in [-0.05, 0) is 36.0 Å². The van der Waals surface area contributed by atoms with Crippen LogP contribution in [0.2, 0.25) is 0 Å². The van der Waals surface area contributed by atoms with E-state index in [-0.39, 0.29) is 23.1 Å². The van der Waals surface area contributed by atoms with Crippen LogP contribution in [0.25, 0.3) is 0 Å². The predicted octanol–water partition coefficient (Wildman–Crippen LogP) is 4.07. The third-order valence-corrected chi connectivity index (χ3v) is 4.91. The van der Waals surface area contributed by atoms with Gasteiger partial charge in [0.15, 0.2) is 0 Å². The number of likely N-dealkylation sites (tertiary alicyclic amines) is 1. The molecule has 0 spiro atoms. The fourth-order valence-electron chi connectivity index (χ4n) is 3.39. The summed E-state index contributed by atoms with van der Waals surface area (Å²) in [6.07, 6.45) is 4.31. The van der Waals surface area contributed by atoms with Crippen LogP contribution in [-0.4, -0.2) is 29.8 Å². The predicted molar refractivity (Wildman–Crippen MR) is 101 cm³/mol. The van der Waals surface area contributed by atoms with E-state index in [9.17, 15) is 9.59 Å². The Labute approximate surface area is 154 Å². The quantitative estimate of drug-likeness (QED) is 0.904. The van der Waals surface area contributed by atoms with Crippen molar-refractivity contribution in [2.45, 2.75) is 39.0 Å². The van der Waals surface area contributed by atoms with Gasteiger partial charge >= 0.3 is 0 Å². The molecule has 1 aromatic heterocycles. The summed E-state index contributed by atoms with van der Waals surface area (Å²) in [5.41, 5.74) is 2.53. The summed E-state index contributed by atoms with van der Waals surface area (Å²) < 4.78 is 4.98. The molecule has 2 heterocycles. The van der Waals surface area contributed by atoms with Gasteiger partial charge in [0.05, 0.1) is 11.8 Å². The number of para-hydroxylation sites is 1. The first-order valence-electron chi connectivity index (χ1n) is 9.08. The summed E-state index contributed by atoms with van der Waals surface area (Å²) in [5.74, 6) is -0.0655. The number of nitrogens with zero attached hydrogens (tertiary/aromatic N) is 1. The third-order valence-electron chi connectivity index (χ3n) is 4.91. The Morgan fingerprint density at radius 2 is 1.81 bits per heavy atom. The van der Waals surface area contributed by atoms with Gasteiger partial charge in [-0.3, -0.25) is 9.59 Å². The molecule has 0 unspecified atom stereocenters. The highest BCUT2D eigenvalue weighted by Gasteiger charge is 2.29. The molecule has 1 aliphatic rings. The van der Waals surface area contributed by atoms with E-state index in [1.165, 1.54) is 12.5 Å². The van der Waals surface area contributed by atoms with Crippen LogP contribution in [0.3, 0.4) is 0 Å². The lowest BCUT2D eigenvalue weighted by Gasteiger charge is -2.31. The van der Waals surface area contributed by atoms with Gasteiger partial charge in [0.1, 0.15) is 6.26 Å². The van der Waals surface area contributed by atoms with Crippen molar-refractivity contribution in [2.24, 2.45) is 5.92 Å². The molecule has 2 amide bonds. The number of rotatable bonds is 3. The molecule has 138 valence electrons. The van der Waals surface area contributed by atoms with Crippen LogP contribution in [-0.2, 0) is 10.2 Å². The minimum Gasteiger partial charge on any atom is -0.472 e. The average molecular weight is 354 g/mol. The number of benzene rings is 1. The zero-order chi connectivity index (χ0) is 18.7. The molecule has 1 aromatic carbocycles. The summed E-state index contributed by atoms with van der Waals surface area (Å²) in [7, 11) is 0. The van der Waals surface area contributed by atoms with Crippen molar-refractivity contribution < 1.29 is 14.0 Å². The summed E-state index contributed by atoms with van der Waals surface area (Å²) >= 11 is 0. The summed E-state index contributed by atoms with van der Waals surface area (Å²) in [6.45, 7) is 7.58. The van der Waals surface area contributed by atoms with Crippen molar-refractivity contribution in [3.63, 3.8) is 0 Å². The number of piperidine rings is 1. The maximum Gasteiger partial charge on any atom is 0.257 e. The number of carbonyl (C=O) groups excluding carboxylic acids is 2. The van der Waals surface area contributed by atoms with Crippen molar-refractivity contribution in [3.8, 4) is 0 Å². The maximum absolute atomic E-state index is 12.7. The van der Waals surface area contributed by atoms with Crippen LogP contribution >= 0.6 is 0 Å². The van der Waals surface area contributed by atoms with Crippen molar-refractivity contribution in [1.82, 2.24) is 4.90 Å². The summed E-state index contributed by atoms with van der Waals surface area (Å²) in [5, 5.41) is 3.10. The van der Waals surface area contributed by atoms with Crippen LogP contribution in [0.1, 0.15) is 49.5 Å². The van der Waals surface area contributed by atoms with E-state index in [1.54, 1.807) is 11.0 Å². The Balaban J connectivity index is 1.60. The lowest BCUT2D eigenvalue weighted by molar-refractivity contribution is -0.121. The van der Waals surface area contributed by atoms with E-state index in [4.69, 9.17) is 4.42 Å². The molecular weight excluding hydrogens is 328 g/mol. The van der Waals surface area contributed by atoms with Crippen LogP contribution in [0.15, 0.2) is 47.3 Å². The zero-order valence-corrected chi connectivity index (χ0v) is 15.6. The number of furan rings is 1. The Morgan fingerprint density at radius 3 is 2.42 bits per heavy atom. The van der Waals surface area contributed by atoms with Crippen LogP contribution in [0, 0.1) is 5.92 Å². The molecule has 5 heteroatoms. The first-order chi connectivity index (χ1) is 12.4. The molecular formula is C21H26N2O3. The van der Waals surface area contributed by atoms with E-state index in [2.05, 4.69) is 32.2 Å². The zero-order valence-electron chi connectivity index (χ0n) is 15.6. The number of anilines is 1. The van der Waals surface area contributed by atoms with Crippen LogP contribution in [0.5, 0.6) is 0 Å². The van der Waals surface area contributed by atoms with Crippen molar-refractivity contribution >= 4 is 17.5 Å². The lowest BCUT2D eigenvalue weighted by atomic mass is 9.85. The lowest BCUT2D eigenvalue weighted by Crippen LogP contribution is -2.41. The van der Waals surface area contributed by atoms with E-state index in [0.29, 0.717) is 31.5 Å². The number of hydrogen-bond donors (Lipinski definition) is 1. The normalized spacial score (nSPS) is 15.7. The second-order valence-electron chi connectivity index (χ2n) is 7.86. The highest BCUT2D eigenvalue weighted by Crippen LogP contribution is 2.30. The first kappa shape index (κ1) is 18.2. The molecule has 0 bridgehead atoms. The minimum atomic E-state index is -0.0728. The second kappa shape index (κ2) is 7.36. The SMILES string of the molecule is CC(C)(C)c1ccccc1NC(=O)C1CCN(C(=O)c2ccoc2)CC1. The number of hydrogen-bond acceptors (Lipinski definition) is 3. The molecule has 1 N–H and O–H groups in total. The second-order valence-corrected chi connectivity index (χ2v) is 7.86. The Kier molecular flexibility index (Phi) is 5.16. The standard InChI is InChI=1S/C21H26N2O3/c1-21(2,3)17-6-4-5-7-18(17)22-19(24)15-8-11-23(12-9-15)20(25)16-10-13-26-14-16/h4-7,10,13-15H,8-9,11-12H2,1-3H3,(H,22,24). The Morgan fingerprint density at radius 1 is 1.12 bits per heavy atom. The van der Waals surface area contributed by atoms with E-state index in [0.717, 1.165) is 11.3 Å². The van der Waals surface area contributed by atoms with E-state index < -0.39 is 0 Å². The van der Waals surface area contributed by atoms with Crippen molar-refractivity contribution in [1.29, 1.82) is 0 Å². The van der Waals surface area contributed by atoms with Gasteiger partial charge in [-0.25, -0.2) is 0 Å². The van der Waals surface area contributed by atoms with Crippen LogP contribution < -0.4 is 5.32 Å². The molecule has 3 rings (SSSR count). The first-order valence-corrected chi connectivity index (χ1v) is 9.08. The largest absolute Gasteiger partial charge is 0.472 e. The van der Waals surface area contributed by atoms with E-state index in [1.807, 2.05) is 18.2 Å². The topological polar surface area (TPSA) is 62.6 Å². The minimum absolute atomic E-state index is 0.0318. The van der Waals surface area contributed by atoms with Gasteiger partial charge in [-0.15, -0.1) is 0 Å². The molecule has 0 radical (unpaired) electrons. The molecule has 5 nitrogen and oxygen atoms in total. The average Bonchev–Trinajstić information content (AvgIpc) is 3.15. The highest BCUT2D eigenvalue weighted by atomic mass is 16.3. The molecule has 1 aliphatic heterocycles. The fraction of sp³-hybridized carbons (Fsp3) is 0.429. The van der Waals surface area contributed by atoms with E-state index >= 15 is 0 Å². The molecule has 0 aliphatic carbocycles. The smallest absolute Gasteiger partial charge is 0.257 e. The van der Waals surface area contributed by atoms with Gasteiger partial charge in [0, 0.05) is 24.7 Å². The molecule has 0 saturated carbocycles. The summed E-state index contributed by atoms with van der Waals surface area (Å²) in [6, 6.07) is 9.62. The summed E-state index contributed by atoms with van der Waals surface area (Å²) in [4.78, 5) is 26.9. The Hall–Kier alpha value is -2.56. The Bertz CT molecular complexity index is 767. The van der Waals surface area contributed by atoms with Crippen molar-refractivity contribution in [2.75, 3.05) is 18.4 Å². The van der Waals surface area contributed by atoms with Gasteiger partial charge < -0.3 is 14.6 Å². The fourth-order valence-corrected chi connectivity index (χ4v) is 3.39. The van der Waals surface area contributed by atoms with Gasteiger partial charge in [-0.2, -0.15) is 0 Å². The molecule has 26 heavy (non-hydrogen) atoms. The third kappa shape index (κ3) is 3.98. The molecule has 2 aromatic rings. The van der Waals surface area contributed by atoms with Gasteiger partial charge in [0.25, 0.3) is 5.91 Å². The number of nitrogens with one attached hydrogen (secondary N) is 1. The number of carbonyl (C=O) groups is 2. The maximum atomic E-state index is 12.7.